The summed E-state index contributed by atoms with van der Waals surface area (Å²) in [4.78, 5) is 43.8. The quantitative estimate of drug-likeness (QED) is 0.329. The molecular formula is C29H42N2O5. The summed E-state index contributed by atoms with van der Waals surface area (Å²) in [6.07, 6.45) is 7.43. The van der Waals surface area contributed by atoms with E-state index in [1.165, 1.54) is 12.0 Å². The Hall–Kier alpha value is -3.09. The average Bonchev–Trinajstić information content (AvgIpc) is 3.29. The van der Waals surface area contributed by atoms with Crippen LogP contribution >= 0.6 is 0 Å². The lowest BCUT2D eigenvalue weighted by Crippen LogP contribution is -2.58. The van der Waals surface area contributed by atoms with Crippen LogP contribution in [0.2, 0.25) is 0 Å². The number of esters is 1. The van der Waals surface area contributed by atoms with Gasteiger partial charge in [0, 0.05) is 18.9 Å². The first-order valence-electron chi connectivity index (χ1n) is 12.8. The third-order valence-corrected chi connectivity index (χ3v) is 6.33. The molecule has 0 saturated carbocycles. The molecule has 0 radical (unpaired) electrons. The highest BCUT2D eigenvalue weighted by Gasteiger charge is 2.47. The second kappa shape index (κ2) is 13.3. The fraction of sp³-hybridized carbons (Fsp3) is 0.552. The van der Waals surface area contributed by atoms with Crippen LogP contribution in [0.5, 0.6) is 0 Å². The van der Waals surface area contributed by atoms with Gasteiger partial charge in [0.05, 0.1) is 13.2 Å². The minimum absolute atomic E-state index is 0.254. The zero-order chi connectivity index (χ0) is 26.9. The van der Waals surface area contributed by atoms with Gasteiger partial charge in [-0.25, -0.2) is 9.59 Å². The Morgan fingerprint density at radius 2 is 1.86 bits per heavy atom. The number of likely N-dealkylation sites (tertiary alicyclic amines) is 1. The van der Waals surface area contributed by atoms with Gasteiger partial charge < -0.3 is 14.4 Å². The molecule has 1 saturated heterocycles. The molecule has 1 aromatic carbocycles. The summed E-state index contributed by atoms with van der Waals surface area (Å²) in [6.45, 7) is 13.7. The van der Waals surface area contributed by atoms with Gasteiger partial charge >= 0.3 is 12.1 Å². The van der Waals surface area contributed by atoms with E-state index in [-0.39, 0.29) is 17.9 Å². The fourth-order valence-corrected chi connectivity index (χ4v) is 4.59. The molecule has 0 N–H and O–H groups in total. The summed E-state index contributed by atoms with van der Waals surface area (Å²) in [7, 11) is 1.33. The van der Waals surface area contributed by atoms with E-state index >= 15 is 0 Å². The summed E-state index contributed by atoms with van der Waals surface area (Å²) >= 11 is 0. The molecule has 4 atom stereocenters. The lowest BCUT2D eigenvalue weighted by atomic mass is 9.95. The Balaban J connectivity index is 2.57. The number of nitrogens with zero attached hydrogens (tertiary/aromatic N) is 2. The Bertz CT molecular complexity index is 921. The van der Waals surface area contributed by atoms with E-state index in [1.807, 2.05) is 56.3 Å². The monoisotopic (exact) mass is 498 g/mol. The topological polar surface area (TPSA) is 76.2 Å². The molecule has 0 aliphatic carbocycles. The molecule has 1 heterocycles. The lowest BCUT2D eigenvalue weighted by molar-refractivity contribution is -0.156. The zero-order valence-corrected chi connectivity index (χ0v) is 22.6. The second-order valence-corrected chi connectivity index (χ2v) is 10.1. The molecule has 1 aliphatic rings. The molecule has 36 heavy (non-hydrogen) atoms. The van der Waals surface area contributed by atoms with Gasteiger partial charge in [-0.2, -0.15) is 0 Å². The Morgan fingerprint density at radius 3 is 2.39 bits per heavy atom. The molecule has 2 amide bonds. The number of carbonyl (C=O) groups is 3. The average molecular weight is 499 g/mol. The van der Waals surface area contributed by atoms with Crippen molar-refractivity contribution in [1.82, 2.24) is 9.80 Å². The number of allylic oxidation sites excluding steroid dienone is 1. The van der Waals surface area contributed by atoms with Crippen LogP contribution in [0, 0.1) is 5.92 Å². The maximum absolute atomic E-state index is 14.4. The summed E-state index contributed by atoms with van der Waals surface area (Å²) in [5.41, 5.74) is 0.213. The Morgan fingerprint density at radius 1 is 1.19 bits per heavy atom. The van der Waals surface area contributed by atoms with Crippen LogP contribution < -0.4 is 0 Å². The van der Waals surface area contributed by atoms with Crippen molar-refractivity contribution in [3.63, 3.8) is 0 Å². The second-order valence-electron chi connectivity index (χ2n) is 10.1. The zero-order valence-electron chi connectivity index (χ0n) is 22.6. The highest BCUT2D eigenvalue weighted by molar-refractivity contribution is 5.91. The van der Waals surface area contributed by atoms with E-state index in [2.05, 4.69) is 6.58 Å². The van der Waals surface area contributed by atoms with Crippen LogP contribution in [0.25, 0.3) is 0 Å². The van der Waals surface area contributed by atoms with Crippen molar-refractivity contribution >= 4 is 18.0 Å². The van der Waals surface area contributed by atoms with Gasteiger partial charge in [-0.05, 0) is 45.6 Å². The van der Waals surface area contributed by atoms with Gasteiger partial charge in [0.25, 0.3) is 0 Å². The highest BCUT2D eigenvalue weighted by atomic mass is 16.6. The van der Waals surface area contributed by atoms with E-state index in [0.717, 1.165) is 12.0 Å². The maximum Gasteiger partial charge on any atom is 0.410 e. The van der Waals surface area contributed by atoms with Gasteiger partial charge in [-0.1, -0.05) is 62.4 Å². The van der Waals surface area contributed by atoms with Crippen molar-refractivity contribution in [1.29, 1.82) is 0 Å². The largest absolute Gasteiger partial charge is 0.467 e. The van der Waals surface area contributed by atoms with Crippen molar-refractivity contribution in [3.8, 4) is 0 Å². The van der Waals surface area contributed by atoms with Gasteiger partial charge in [0.15, 0.2) is 0 Å². The summed E-state index contributed by atoms with van der Waals surface area (Å²) in [6, 6.07) is 7.54. The minimum Gasteiger partial charge on any atom is -0.467 e. The van der Waals surface area contributed by atoms with Gasteiger partial charge in [-0.15, -0.1) is 6.58 Å². The number of benzene rings is 1. The number of hydrogen-bond donors (Lipinski definition) is 0. The maximum atomic E-state index is 14.4. The van der Waals surface area contributed by atoms with Crippen LogP contribution in [0.1, 0.15) is 59.4 Å². The molecule has 198 valence electrons. The molecule has 2 rings (SSSR count). The first kappa shape index (κ1) is 29.1. The molecule has 0 aromatic heterocycles. The predicted molar refractivity (Wildman–Crippen MR) is 141 cm³/mol. The van der Waals surface area contributed by atoms with Crippen LogP contribution in [0.15, 0.2) is 55.1 Å². The number of rotatable bonds is 10. The first-order valence-corrected chi connectivity index (χ1v) is 12.8. The van der Waals surface area contributed by atoms with E-state index < -0.39 is 29.7 Å². The number of amides is 2. The standard InChI is InChI=1S/C29H42N2O5/c1-8-11-17-23(10-3)31(24(27(33)35-7)20-21-15-13-12-14-16-21)26(32)25-22(9-2)18-19-30(25)28(34)36-29(4,5)6/h9,11-17,22-25H,2,8,10,18-20H2,1,3-7H3/b17-11+/t22-,23+,24?,25-/m1/s1. The number of ether oxygens (including phenoxy) is 2. The number of methoxy groups -OCH3 is 1. The van der Waals surface area contributed by atoms with Crippen molar-refractivity contribution < 1.29 is 23.9 Å². The van der Waals surface area contributed by atoms with Gasteiger partial charge in [0.1, 0.15) is 17.7 Å². The summed E-state index contributed by atoms with van der Waals surface area (Å²) in [5, 5.41) is 0. The smallest absolute Gasteiger partial charge is 0.410 e. The number of carbonyl (C=O) groups excluding carboxylic acids is 3. The fourth-order valence-electron chi connectivity index (χ4n) is 4.59. The molecule has 7 nitrogen and oxygen atoms in total. The van der Waals surface area contributed by atoms with E-state index in [9.17, 15) is 14.4 Å². The Kier molecular flexibility index (Phi) is 10.8. The molecular weight excluding hydrogens is 456 g/mol. The third kappa shape index (κ3) is 7.45. The summed E-state index contributed by atoms with van der Waals surface area (Å²) in [5.74, 6) is -1.05. The summed E-state index contributed by atoms with van der Waals surface area (Å²) < 4.78 is 10.8. The SMILES string of the molecule is C=C[C@@H]1CCN(C(=O)OC(C)(C)C)[C@H]1C(=O)N(C(Cc1ccccc1)C(=O)OC)[C@H](/C=C/CC)CC. The normalized spacial score (nSPS) is 19.6. The molecule has 1 aliphatic heterocycles. The van der Waals surface area contributed by atoms with E-state index in [1.54, 1.807) is 31.7 Å². The van der Waals surface area contributed by atoms with E-state index in [0.29, 0.717) is 25.8 Å². The highest BCUT2D eigenvalue weighted by Crippen LogP contribution is 2.31. The van der Waals surface area contributed by atoms with Crippen LogP contribution in [0.4, 0.5) is 4.79 Å². The van der Waals surface area contributed by atoms with Gasteiger partial charge in [-0.3, -0.25) is 9.69 Å². The predicted octanol–water partition coefficient (Wildman–Crippen LogP) is 5.16. The van der Waals surface area contributed by atoms with Crippen LogP contribution in [-0.4, -0.2) is 65.2 Å². The van der Waals surface area contributed by atoms with Crippen molar-refractivity contribution in [2.45, 2.75) is 84.0 Å². The van der Waals surface area contributed by atoms with Crippen molar-refractivity contribution in [2.75, 3.05) is 13.7 Å². The Labute approximate surface area is 216 Å². The minimum atomic E-state index is -0.858. The molecule has 1 fully saturated rings. The van der Waals surface area contributed by atoms with Crippen molar-refractivity contribution in [3.05, 3.63) is 60.7 Å². The van der Waals surface area contributed by atoms with Crippen molar-refractivity contribution in [2.24, 2.45) is 5.92 Å². The van der Waals surface area contributed by atoms with Gasteiger partial charge in [0.2, 0.25) is 5.91 Å². The van der Waals surface area contributed by atoms with Crippen LogP contribution in [-0.2, 0) is 25.5 Å². The first-order chi connectivity index (χ1) is 17.1. The van der Waals surface area contributed by atoms with Crippen LogP contribution in [0.3, 0.4) is 0 Å². The van der Waals surface area contributed by atoms with E-state index in [4.69, 9.17) is 9.47 Å². The lowest BCUT2D eigenvalue weighted by Gasteiger charge is -2.39. The third-order valence-electron chi connectivity index (χ3n) is 6.33. The molecule has 1 unspecified atom stereocenters. The number of hydrogen-bond acceptors (Lipinski definition) is 5. The molecule has 1 aromatic rings. The molecule has 7 heteroatoms. The molecule has 0 bridgehead atoms. The molecule has 0 spiro atoms.